The quantitative estimate of drug-likeness (QED) is 0.799. The number of ether oxygens (including phenoxy) is 1. The molecule has 5 nitrogen and oxygen atoms in total. The van der Waals surface area contributed by atoms with Crippen molar-refractivity contribution < 1.29 is 27.4 Å². The van der Waals surface area contributed by atoms with Gasteiger partial charge in [0.05, 0.1) is 12.0 Å². The van der Waals surface area contributed by atoms with Crippen LogP contribution in [0.2, 0.25) is 0 Å². The molecule has 7 heteroatoms. The van der Waals surface area contributed by atoms with Crippen LogP contribution in [-0.4, -0.2) is 32.9 Å². The zero-order chi connectivity index (χ0) is 13.2. The van der Waals surface area contributed by atoms with Crippen LogP contribution in [0.5, 0.6) is 0 Å². The van der Waals surface area contributed by atoms with Crippen molar-refractivity contribution in [1.29, 1.82) is 0 Å². The smallest absolute Gasteiger partial charge is 0.339 e. The van der Waals surface area contributed by atoms with E-state index in [9.17, 15) is 22.7 Å². The Balaban J connectivity index is 3.46. The van der Waals surface area contributed by atoms with Crippen LogP contribution in [0.1, 0.15) is 11.7 Å². The highest BCUT2D eigenvalue weighted by atomic mass is 32.2. The lowest BCUT2D eigenvalue weighted by Crippen LogP contribution is -2.18. The summed E-state index contributed by atoms with van der Waals surface area (Å²) in [6, 6.07) is 3.25. The van der Waals surface area contributed by atoms with Crippen LogP contribution < -0.4 is 0 Å². The number of halogens is 1. The fraction of sp³-hybridized carbons (Fsp3) is 0.300. The predicted molar refractivity (Wildman–Crippen MR) is 56.5 cm³/mol. The zero-order valence-corrected chi connectivity index (χ0v) is 9.99. The number of sulfone groups is 1. The predicted octanol–water partition coefficient (Wildman–Crippen LogP) is 0.436. The zero-order valence-electron chi connectivity index (χ0n) is 9.18. The highest BCUT2D eigenvalue weighted by molar-refractivity contribution is 7.90. The van der Waals surface area contributed by atoms with Crippen LogP contribution in [0.25, 0.3) is 0 Å². The number of carbonyl (C=O) groups is 1. The van der Waals surface area contributed by atoms with Crippen LogP contribution in [0.15, 0.2) is 23.1 Å². The van der Waals surface area contributed by atoms with Gasteiger partial charge in [0.2, 0.25) is 0 Å². The lowest BCUT2D eigenvalue weighted by molar-refractivity contribution is -0.151. The van der Waals surface area contributed by atoms with Gasteiger partial charge in [-0.15, -0.1) is 0 Å². The Bertz CT molecular complexity index is 538. The van der Waals surface area contributed by atoms with Crippen molar-refractivity contribution >= 4 is 15.8 Å². The van der Waals surface area contributed by atoms with E-state index >= 15 is 0 Å². The molecule has 0 aliphatic rings. The number of carbonyl (C=O) groups excluding carboxylic acids is 1. The standard InChI is InChI=1S/C10H11FO5S/c1-16-10(13)9(12)8-6(11)4-3-5-7(8)17(2,14)15/h3-5,9,12H,1-2H3. The highest BCUT2D eigenvalue weighted by Crippen LogP contribution is 2.26. The average Bonchev–Trinajstić information content (AvgIpc) is 2.25. The van der Waals surface area contributed by atoms with E-state index in [-0.39, 0.29) is 0 Å². The first-order valence-electron chi connectivity index (χ1n) is 4.53. The molecule has 0 saturated carbocycles. The number of hydrogen-bond donors (Lipinski definition) is 1. The molecular formula is C10H11FO5S. The van der Waals surface area contributed by atoms with E-state index in [1.807, 2.05) is 0 Å². The Morgan fingerprint density at radius 3 is 2.53 bits per heavy atom. The summed E-state index contributed by atoms with van der Waals surface area (Å²) in [5, 5.41) is 9.54. The second kappa shape index (κ2) is 4.80. The molecule has 0 aliphatic carbocycles. The number of rotatable bonds is 3. The third kappa shape index (κ3) is 2.80. The van der Waals surface area contributed by atoms with Gasteiger partial charge in [-0.05, 0) is 12.1 Å². The van der Waals surface area contributed by atoms with Gasteiger partial charge in [-0.3, -0.25) is 0 Å². The number of aliphatic hydroxyl groups excluding tert-OH is 1. The second-order valence-corrected chi connectivity index (χ2v) is 5.33. The normalized spacial score (nSPS) is 13.2. The fourth-order valence-electron chi connectivity index (χ4n) is 1.34. The molecule has 1 N–H and O–H groups in total. The van der Waals surface area contributed by atoms with Crippen molar-refractivity contribution in [2.24, 2.45) is 0 Å². The Morgan fingerprint density at radius 1 is 1.47 bits per heavy atom. The number of benzene rings is 1. The van der Waals surface area contributed by atoms with Crippen LogP contribution in [0.3, 0.4) is 0 Å². The van der Waals surface area contributed by atoms with Crippen LogP contribution in [0.4, 0.5) is 4.39 Å². The molecule has 94 valence electrons. The summed E-state index contributed by atoms with van der Waals surface area (Å²) in [6.45, 7) is 0. The molecule has 1 unspecified atom stereocenters. The van der Waals surface area contributed by atoms with Crippen molar-refractivity contribution in [2.75, 3.05) is 13.4 Å². The van der Waals surface area contributed by atoms with E-state index in [4.69, 9.17) is 0 Å². The number of esters is 1. The molecule has 1 atom stereocenters. The molecule has 0 amide bonds. The van der Waals surface area contributed by atoms with E-state index in [2.05, 4.69) is 4.74 Å². The molecule has 0 spiro atoms. The summed E-state index contributed by atoms with van der Waals surface area (Å²) < 4.78 is 40.5. The summed E-state index contributed by atoms with van der Waals surface area (Å²) in [4.78, 5) is 10.7. The lowest BCUT2D eigenvalue weighted by atomic mass is 10.1. The maximum atomic E-state index is 13.5. The van der Waals surface area contributed by atoms with Gasteiger partial charge in [-0.25, -0.2) is 17.6 Å². The van der Waals surface area contributed by atoms with Gasteiger partial charge in [0.25, 0.3) is 0 Å². The largest absolute Gasteiger partial charge is 0.467 e. The number of hydrogen-bond acceptors (Lipinski definition) is 5. The maximum absolute atomic E-state index is 13.5. The van der Waals surface area contributed by atoms with Crippen LogP contribution in [-0.2, 0) is 19.4 Å². The van der Waals surface area contributed by atoms with Crippen molar-refractivity contribution in [2.45, 2.75) is 11.0 Å². The maximum Gasteiger partial charge on any atom is 0.339 e. The minimum atomic E-state index is -3.75. The molecular weight excluding hydrogens is 251 g/mol. The van der Waals surface area contributed by atoms with Crippen LogP contribution in [0, 0.1) is 5.82 Å². The molecule has 1 aromatic rings. The molecule has 0 heterocycles. The molecule has 1 aromatic carbocycles. The molecule has 17 heavy (non-hydrogen) atoms. The van der Waals surface area contributed by atoms with E-state index in [1.54, 1.807) is 0 Å². The van der Waals surface area contributed by atoms with Gasteiger partial charge < -0.3 is 9.84 Å². The van der Waals surface area contributed by atoms with Crippen LogP contribution >= 0.6 is 0 Å². The third-order valence-corrected chi connectivity index (χ3v) is 3.27. The first kappa shape index (κ1) is 13.6. The topological polar surface area (TPSA) is 80.7 Å². The van der Waals surface area contributed by atoms with E-state index in [0.717, 1.165) is 25.5 Å². The van der Waals surface area contributed by atoms with Gasteiger partial charge in [0.15, 0.2) is 15.9 Å². The molecule has 0 radical (unpaired) electrons. The summed E-state index contributed by atoms with van der Waals surface area (Å²) in [5.74, 6) is -2.11. The molecule has 0 aliphatic heterocycles. The molecule has 1 rings (SSSR count). The molecule has 0 fully saturated rings. The first-order chi connectivity index (χ1) is 7.79. The third-order valence-electron chi connectivity index (χ3n) is 2.11. The second-order valence-electron chi connectivity index (χ2n) is 3.35. The van der Waals surface area contributed by atoms with Gasteiger partial charge in [0, 0.05) is 11.8 Å². The summed E-state index contributed by atoms with van der Waals surface area (Å²) in [7, 11) is -2.74. The van der Waals surface area contributed by atoms with Crippen molar-refractivity contribution in [3.05, 3.63) is 29.6 Å². The van der Waals surface area contributed by atoms with Gasteiger partial charge in [-0.1, -0.05) is 6.07 Å². The minimum absolute atomic E-state index is 0.435. The Hall–Kier alpha value is -1.47. The average molecular weight is 262 g/mol. The van der Waals surface area contributed by atoms with Crippen molar-refractivity contribution in [1.82, 2.24) is 0 Å². The summed E-state index contributed by atoms with van der Waals surface area (Å²) in [6.07, 6.45) is -1.11. The van der Waals surface area contributed by atoms with E-state index in [1.165, 1.54) is 6.07 Å². The van der Waals surface area contributed by atoms with Crippen molar-refractivity contribution in [3.8, 4) is 0 Å². The number of methoxy groups -OCH3 is 1. The molecule has 0 saturated heterocycles. The first-order valence-corrected chi connectivity index (χ1v) is 6.42. The minimum Gasteiger partial charge on any atom is -0.467 e. The van der Waals surface area contributed by atoms with Gasteiger partial charge >= 0.3 is 5.97 Å². The van der Waals surface area contributed by atoms with Gasteiger partial charge in [-0.2, -0.15) is 0 Å². The Kier molecular flexibility index (Phi) is 3.84. The lowest BCUT2D eigenvalue weighted by Gasteiger charge is -2.13. The summed E-state index contributed by atoms with van der Waals surface area (Å²) in [5.41, 5.74) is -0.596. The SMILES string of the molecule is COC(=O)C(O)c1c(F)cccc1S(C)(=O)=O. The number of aliphatic hydroxyl groups is 1. The molecule has 0 bridgehead atoms. The van der Waals surface area contributed by atoms with Crippen molar-refractivity contribution in [3.63, 3.8) is 0 Å². The van der Waals surface area contributed by atoms with Gasteiger partial charge in [0.1, 0.15) is 5.82 Å². The highest BCUT2D eigenvalue weighted by Gasteiger charge is 2.28. The van der Waals surface area contributed by atoms with E-state index < -0.39 is 38.2 Å². The Morgan fingerprint density at radius 2 is 2.06 bits per heavy atom. The summed E-state index contributed by atoms with van der Waals surface area (Å²) >= 11 is 0. The monoisotopic (exact) mass is 262 g/mol. The Labute approximate surface area is 97.8 Å². The molecule has 0 aromatic heterocycles. The fourth-order valence-corrected chi connectivity index (χ4v) is 2.27. The van der Waals surface area contributed by atoms with E-state index in [0.29, 0.717) is 0 Å².